The maximum Gasteiger partial charge on any atom is 0.258 e. The van der Waals surface area contributed by atoms with Crippen molar-refractivity contribution in [2.75, 3.05) is 26.2 Å². The van der Waals surface area contributed by atoms with Gasteiger partial charge in [0.2, 0.25) is 0 Å². The summed E-state index contributed by atoms with van der Waals surface area (Å²) in [4.78, 5) is 23.1. The number of hydrogen-bond acceptors (Lipinski definition) is 7. The van der Waals surface area contributed by atoms with E-state index < -0.39 is 0 Å². The van der Waals surface area contributed by atoms with E-state index in [-0.39, 0.29) is 24.0 Å². The summed E-state index contributed by atoms with van der Waals surface area (Å²) in [6, 6.07) is 2.52. The Balaban J connectivity index is 0.893. The molecular formula is C26H35N5O3. The maximum absolute atomic E-state index is 12.3. The summed E-state index contributed by atoms with van der Waals surface area (Å²) in [5, 5.41) is 7.61. The van der Waals surface area contributed by atoms with E-state index in [4.69, 9.17) is 9.26 Å². The van der Waals surface area contributed by atoms with Gasteiger partial charge in [-0.3, -0.25) is 4.79 Å². The van der Waals surface area contributed by atoms with Crippen LogP contribution in [0, 0.1) is 18.8 Å². The van der Waals surface area contributed by atoms with Gasteiger partial charge < -0.3 is 19.5 Å². The molecule has 0 aromatic carbocycles. The number of amides is 1. The lowest BCUT2D eigenvalue weighted by Gasteiger charge is -2.30. The van der Waals surface area contributed by atoms with Crippen molar-refractivity contribution in [1.82, 2.24) is 25.3 Å². The molecule has 34 heavy (non-hydrogen) atoms. The number of aryl methyl sites for hydroxylation is 1. The SMILES string of the molecule is Cc1ncc(OCC(=O)NC2CCC(CCN3C[C@@H]4C[C@]4(c4cc(C5CC5)on4)C3)CC2)cn1. The highest BCUT2D eigenvalue weighted by Crippen LogP contribution is 2.59. The molecular weight excluding hydrogens is 430 g/mol. The standard InChI is InChI=1S/C26H35N5O3/c1-17-27-12-22(13-28-17)33-15-25(32)29-21-6-2-18(3-7-21)8-9-31-14-20-11-26(20,16-31)24-10-23(34-30-24)19-4-5-19/h10,12-13,18-21H,2-9,11,14-16H2,1H3,(H,29,32)/t18?,20-,21?,26-/m0/s1. The summed E-state index contributed by atoms with van der Waals surface area (Å²) in [5.41, 5.74) is 1.50. The van der Waals surface area contributed by atoms with Gasteiger partial charge in [-0.15, -0.1) is 0 Å². The second kappa shape index (κ2) is 8.95. The zero-order valence-corrected chi connectivity index (χ0v) is 20.0. The summed E-state index contributed by atoms with van der Waals surface area (Å²) in [6.07, 6.45) is 12.8. The molecule has 2 atom stereocenters. The smallest absolute Gasteiger partial charge is 0.258 e. The van der Waals surface area contributed by atoms with Crippen LogP contribution in [-0.2, 0) is 10.2 Å². The van der Waals surface area contributed by atoms with Crippen LogP contribution < -0.4 is 10.1 Å². The largest absolute Gasteiger partial charge is 0.481 e. The van der Waals surface area contributed by atoms with Crippen LogP contribution in [0.3, 0.4) is 0 Å². The molecule has 0 radical (unpaired) electrons. The van der Waals surface area contributed by atoms with Crippen molar-refractivity contribution >= 4 is 5.91 Å². The van der Waals surface area contributed by atoms with Gasteiger partial charge in [0.25, 0.3) is 5.91 Å². The van der Waals surface area contributed by atoms with Crippen LogP contribution in [0.25, 0.3) is 0 Å². The molecule has 1 aliphatic heterocycles. The van der Waals surface area contributed by atoms with Gasteiger partial charge in [-0.25, -0.2) is 9.97 Å². The number of carbonyl (C=O) groups excluding carboxylic acids is 1. The molecule has 1 amide bonds. The van der Waals surface area contributed by atoms with E-state index in [1.165, 1.54) is 57.3 Å². The highest BCUT2D eigenvalue weighted by Gasteiger charge is 2.62. The van der Waals surface area contributed by atoms with E-state index >= 15 is 0 Å². The van der Waals surface area contributed by atoms with Crippen molar-refractivity contribution in [3.63, 3.8) is 0 Å². The number of ether oxygens (including phenoxy) is 1. The molecule has 6 rings (SSSR count). The Labute approximate surface area is 200 Å². The average Bonchev–Trinajstić information content (AvgIpc) is 3.73. The lowest BCUT2D eigenvalue weighted by Crippen LogP contribution is -2.40. The first kappa shape index (κ1) is 22.0. The predicted octanol–water partition coefficient (Wildman–Crippen LogP) is 3.37. The fourth-order valence-corrected chi connectivity index (χ4v) is 6.07. The first-order valence-corrected chi connectivity index (χ1v) is 13.0. The Morgan fingerprint density at radius 1 is 1.21 bits per heavy atom. The van der Waals surface area contributed by atoms with Crippen LogP contribution in [0.2, 0.25) is 0 Å². The number of aromatic nitrogens is 3. The Bertz CT molecular complexity index is 1010. The third kappa shape index (κ3) is 4.69. The molecule has 8 heteroatoms. The van der Waals surface area contributed by atoms with Crippen molar-refractivity contribution in [2.24, 2.45) is 11.8 Å². The van der Waals surface area contributed by atoms with Crippen molar-refractivity contribution in [1.29, 1.82) is 0 Å². The van der Waals surface area contributed by atoms with Crippen molar-refractivity contribution < 1.29 is 14.1 Å². The Hall–Kier alpha value is -2.48. The Morgan fingerprint density at radius 2 is 2.00 bits per heavy atom. The first-order valence-electron chi connectivity index (χ1n) is 13.0. The minimum Gasteiger partial charge on any atom is -0.481 e. The summed E-state index contributed by atoms with van der Waals surface area (Å²) in [5.74, 6) is 4.43. The van der Waals surface area contributed by atoms with Gasteiger partial charge in [-0.2, -0.15) is 0 Å². The molecule has 4 aliphatic rings. The molecule has 3 aliphatic carbocycles. The van der Waals surface area contributed by atoms with Gasteiger partial charge in [-0.05, 0) is 76.7 Å². The lowest BCUT2D eigenvalue weighted by molar-refractivity contribution is -0.124. The lowest BCUT2D eigenvalue weighted by atomic mass is 9.84. The fraction of sp³-hybridized carbons (Fsp3) is 0.692. The summed E-state index contributed by atoms with van der Waals surface area (Å²) in [7, 11) is 0. The van der Waals surface area contributed by atoms with Gasteiger partial charge in [0.1, 0.15) is 11.6 Å². The monoisotopic (exact) mass is 465 g/mol. The summed E-state index contributed by atoms with van der Waals surface area (Å²) < 4.78 is 11.1. The normalized spacial score (nSPS) is 30.7. The number of nitrogens with one attached hydrogen (secondary N) is 1. The van der Waals surface area contributed by atoms with Gasteiger partial charge in [0, 0.05) is 36.5 Å². The molecule has 3 heterocycles. The van der Waals surface area contributed by atoms with Crippen LogP contribution in [-0.4, -0.2) is 58.2 Å². The van der Waals surface area contributed by atoms with Gasteiger partial charge >= 0.3 is 0 Å². The number of likely N-dealkylation sites (tertiary alicyclic amines) is 1. The molecule has 4 fully saturated rings. The molecule has 8 nitrogen and oxygen atoms in total. The highest BCUT2D eigenvalue weighted by atomic mass is 16.5. The molecule has 0 unspecified atom stereocenters. The van der Waals surface area contributed by atoms with Crippen LogP contribution >= 0.6 is 0 Å². The van der Waals surface area contributed by atoms with Crippen molar-refractivity contribution in [2.45, 2.75) is 75.7 Å². The van der Waals surface area contributed by atoms with Crippen LogP contribution in [0.1, 0.15) is 74.6 Å². The van der Waals surface area contributed by atoms with Crippen molar-refractivity contribution in [3.8, 4) is 5.75 Å². The minimum absolute atomic E-state index is 0.0118. The maximum atomic E-state index is 12.3. The Kier molecular flexibility index (Phi) is 5.79. The van der Waals surface area contributed by atoms with Crippen molar-refractivity contribution in [3.05, 3.63) is 35.7 Å². The number of fused-ring (bicyclic) bond motifs is 1. The van der Waals surface area contributed by atoms with Gasteiger partial charge in [0.15, 0.2) is 12.4 Å². The zero-order valence-electron chi connectivity index (χ0n) is 20.0. The molecule has 2 aromatic heterocycles. The van der Waals surface area contributed by atoms with E-state index in [2.05, 4.69) is 31.4 Å². The number of rotatable bonds is 9. The molecule has 0 bridgehead atoms. The molecule has 1 saturated heterocycles. The van der Waals surface area contributed by atoms with E-state index in [0.29, 0.717) is 17.5 Å². The number of hydrogen-bond donors (Lipinski definition) is 1. The number of carbonyl (C=O) groups is 1. The van der Waals surface area contributed by atoms with Gasteiger partial charge in [0.05, 0.1) is 18.1 Å². The summed E-state index contributed by atoms with van der Waals surface area (Å²) >= 11 is 0. The second-order valence-electron chi connectivity index (χ2n) is 11.0. The van der Waals surface area contributed by atoms with Gasteiger partial charge in [-0.1, -0.05) is 5.16 Å². The van der Waals surface area contributed by atoms with Crippen LogP contribution in [0.5, 0.6) is 5.75 Å². The molecule has 3 saturated carbocycles. The molecule has 1 N–H and O–H groups in total. The fourth-order valence-electron chi connectivity index (χ4n) is 6.07. The third-order valence-corrected chi connectivity index (χ3v) is 8.43. The zero-order chi connectivity index (χ0) is 23.1. The summed E-state index contributed by atoms with van der Waals surface area (Å²) in [6.45, 7) is 5.37. The third-order valence-electron chi connectivity index (χ3n) is 8.43. The van der Waals surface area contributed by atoms with E-state index in [0.717, 1.165) is 37.0 Å². The van der Waals surface area contributed by atoms with Crippen LogP contribution in [0.15, 0.2) is 23.0 Å². The Morgan fingerprint density at radius 3 is 2.76 bits per heavy atom. The van der Waals surface area contributed by atoms with E-state index in [1.807, 2.05) is 6.92 Å². The molecule has 0 spiro atoms. The highest BCUT2D eigenvalue weighted by molar-refractivity contribution is 5.77. The van der Waals surface area contributed by atoms with E-state index in [1.54, 1.807) is 12.4 Å². The minimum atomic E-state index is -0.0664. The second-order valence-corrected chi connectivity index (χ2v) is 11.0. The molecule has 2 aromatic rings. The first-order chi connectivity index (χ1) is 16.6. The van der Waals surface area contributed by atoms with E-state index in [9.17, 15) is 4.79 Å². The number of nitrogens with zero attached hydrogens (tertiary/aromatic N) is 4. The molecule has 182 valence electrons. The quantitative estimate of drug-likeness (QED) is 0.607. The number of piperidine rings is 1. The predicted molar refractivity (Wildman–Crippen MR) is 125 cm³/mol. The average molecular weight is 466 g/mol. The topological polar surface area (TPSA) is 93.4 Å². The van der Waals surface area contributed by atoms with Crippen LogP contribution in [0.4, 0.5) is 0 Å².